The first-order chi connectivity index (χ1) is 10.3. The molecule has 2 fully saturated rings. The average molecular weight is 288 g/mol. The second-order valence-corrected chi connectivity index (χ2v) is 5.60. The number of nitrogens with one attached hydrogen (secondary N) is 1. The van der Waals surface area contributed by atoms with Crippen LogP contribution in [0.25, 0.3) is 0 Å². The maximum absolute atomic E-state index is 12.7. The molecule has 2 heterocycles. The molecule has 1 N–H and O–H groups in total. The first-order valence-corrected chi connectivity index (χ1v) is 7.56. The number of hydrogen-bond acceptors (Lipinski definition) is 3. The molecule has 1 aromatic carbocycles. The quantitative estimate of drug-likeness (QED) is 0.908. The number of benzene rings is 1. The molecule has 2 aliphatic rings. The molecule has 2 atom stereocenters. The van der Waals surface area contributed by atoms with Gasteiger partial charge in [0.05, 0.1) is 0 Å². The molecule has 0 radical (unpaired) electrons. The van der Waals surface area contributed by atoms with E-state index in [2.05, 4.69) is 5.32 Å². The number of likely N-dealkylation sites (tertiary alicyclic amines) is 1. The van der Waals surface area contributed by atoms with Gasteiger partial charge in [-0.15, -0.1) is 0 Å². The van der Waals surface area contributed by atoms with E-state index in [9.17, 15) is 9.59 Å². The SMILES string of the molecule is O=C1NC(C(=O)N2CCCCCC2)C(c2ccccc2)O1. The fourth-order valence-electron chi connectivity index (χ4n) is 3.00. The predicted molar refractivity (Wildman–Crippen MR) is 77.6 cm³/mol. The Hall–Kier alpha value is -2.04. The third kappa shape index (κ3) is 3.01. The average Bonchev–Trinajstić information content (AvgIpc) is 2.73. The number of amides is 2. The summed E-state index contributed by atoms with van der Waals surface area (Å²) in [5.74, 6) is -0.0309. The normalized spacial score (nSPS) is 25.9. The lowest BCUT2D eigenvalue weighted by molar-refractivity contribution is -0.134. The molecule has 112 valence electrons. The number of alkyl carbamates (subject to hydrolysis) is 1. The van der Waals surface area contributed by atoms with Crippen molar-refractivity contribution in [3.8, 4) is 0 Å². The number of nitrogens with zero attached hydrogens (tertiary/aromatic N) is 1. The van der Waals surface area contributed by atoms with Gasteiger partial charge < -0.3 is 15.0 Å². The maximum atomic E-state index is 12.7. The van der Waals surface area contributed by atoms with E-state index in [0.717, 1.165) is 31.5 Å². The molecule has 2 aliphatic heterocycles. The van der Waals surface area contributed by atoms with E-state index in [1.54, 1.807) is 0 Å². The summed E-state index contributed by atoms with van der Waals surface area (Å²) in [5.41, 5.74) is 0.851. The molecule has 0 aromatic heterocycles. The molecular weight excluding hydrogens is 268 g/mol. The first-order valence-electron chi connectivity index (χ1n) is 7.56. The molecule has 0 aliphatic carbocycles. The zero-order valence-corrected chi connectivity index (χ0v) is 12.0. The van der Waals surface area contributed by atoms with Gasteiger partial charge >= 0.3 is 6.09 Å². The van der Waals surface area contributed by atoms with Crippen molar-refractivity contribution in [1.82, 2.24) is 10.2 Å². The largest absolute Gasteiger partial charge is 0.439 e. The summed E-state index contributed by atoms with van der Waals surface area (Å²) < 4.78 is 5.31. The Bertz CT molecular complexity index is 510. The van der Waals surface area contributed by atoms with Gasteiger partial charge in [0.1, 0.15) is 0 Å². The minimum absolute atomic E-state index is 0.0309. The third-order valence-corrected chi connectivity index (χ3v) is 4.12. The lowest BCUT2D eigenvalue weighted by Crippen LogP contribution is -2.46. The van der Waals surface area contributed by atoms with Crippen molar-refractivity contribution in [3.63, 3.8) is 0 Å². The van der Waals surface area contributed by atoms with E-state index in [4.69, 9.17) is 4.74 Å². The number of rotatable bonds is 2. The molecule has 5 nitrogen and oxygen atoms in total. The molecule has 5 heteroatoms. The molecule has 0 saturated carbocycles. The smallest absolute Gasteiger partial charge is 0.408 e. The summed E-state index contributed by atoms with van der Waals surface area (Å²) in [5, 5.41) is 2.67. The van der Waals surface area contributed by atoms with Crippen molar-refractivity contribution in [3.05, 3.63) is 35.9 Å². The highest BCUT2D eigenvalue weighted by molar-refractivity contribution is 5.89. The topological polar surface area (TPSA) is 58.6 Å². The van der Waals surface area contributed by atoms with Crippen LogP contribution in [0.3, 0.4) is 0 Å². The monoisotopic (exact) mass is 288 g/mol. The van der Waals surface area contributed by atoms with Crippen molar-refractivity contribution in [2.45, 2.75) is 37.8 Å². The summed E-state index contributed by atoms with van der Waals surface area (Å²) in [6.07, 6.45) is 3.34. The molecule has 0 bridgehead atoms. The highest BCUT2D eigenvalue weighted by Crippen LogP contribution is 2.28. The summed E-state index contributed by atoms with van der Waals surface area (Å²) in [6.45, 7) is 1.54. The Morgan fingerprint density at radius 2 is 1.76 bits per heavy atom. The van der Waals surface area contributed by atoms with Gasteiger partial charge in [-0.3, -0.25) is 4.79 Å². The van der Waals surface area contributed by atoms with Gasteiger partial charge in [0, 0.05) is 13.1 Å². The van der Waals surface area contributed by atoms with Crippen LogP contribution >= 0.6 is 0 Å². The summed E-state index contributed by atoms with van der Waals surface area (Å²) in [7, 11) is 0. The van der Waals surface area contributed by atoms with E-state index in [1.165, 1.54) is 12.8 Å². The lowest BCUT2D eigenvalue weighted by Gasteiger charge is -2.25. The number of carbonyl (C=O) groups is 2. The van der Waals surface area contributed by atoms with Gasteiger partial charge in [0.25, 0.3) is 0 Å². The van der Waals surface area contributed by atoms with Crippen molar-refractivity contribution in [1.29, 1.82) is 0 Å². The van der Waals surface area contributed by atoms with E-state index in [0.29, 0.717) is 0 Å². The van der Waals surface area contributed by atoms with Crippen molar-refractivity contribution in [2.24, 2.45) is 0 Å². The summed E-state index contributed by atoms with van der Waals surface area (Å²) in [6, 6.07) is 8.82. The van der Waals surface area contributed by atoms with E-state index in [-0.39, 0.29) is 5.91 Å². The summed E-state index contributed by atoms with van der Waals surface area (Å²) >= 11 is 0. The molecular formula is C16H20N2O3. The highest BCUT2D eigenvalue weighted by atomic mass is 16.6. The summed E-state index contributed by atoms with van der Waals surface area (Å²) in [4.78, 5) is 26.2. The fraction of sp³-hybridized carbons (Fsp3) is 0.500. The fourth-order valence-corrected chi connectivity index (χ4v) is 3.00. The first kappa shape index (κ1) is 13.9. The van der Waals surface area contributed by atoms with Gasteiger partial charge in [-0.1, -0.05) is 43.2 Å². The highest BCUT2D eigenvalue weighted by Gasteiger charge is 2.42. The van der Waals surface area contributed by atoms with E-state index >= 15 is 0 Å². The molecule has 21 heavy (non-hydrogen) atoms. The number of ether oxygens (including phenoxy) is 1. The Morgan fingerprint density at radius 1 is 1.10 bits per heavy atom. The minimum Gasteiger partial charge on any atom is -0.439 e. The van der Waals surface area contributed by atoms with Crippen LogP contribution in [0.15, 0.2) is 30.3 Å². The Balaban J connectivity index is 1.78. The number of carbonyl (C=O) groups excluding carboxylic acids is 2. The Labute approximate surface area is 124 Å². The van der Waals surface area contributed by atoms with Crippen LogP contribution in [0.4, 0.5) is 4.79 Å². The van der Waals surface area contributed by atoms with E-state index in [1.807, 2.05) is 35.2 Å². The molecule has 0 spiro atoms. The van der Waals surface area contributed by atoms with Gasteiger partial charge in [-0.25, -0.2) is 4.79 Å². The van der Waals surface area contributed by atoms with Crippen molar-refractivity contribution in [2.75, 3.05) is 13.1 Å². The Morgan fingerprint density at radius 3 is 2.43 bits per heavy atom. The van der Waals surface area contributed by atoms with Crippen molar-refractivity contribution < 1.29 is 14.3 Å². The third-order valence-electron chi connectivity index (χ3n) is 4.12. The van der Waals surface area contributed by atoms with Crippen LogP contribution in [0.5, 0.6) is 0 Å². The van der Waals surface area contributed by atoms with Gasteiger partial charge in [-0.05, 0) is 18.4 Å². The zero-order chi connectivity index (χ0) is 14.7. The molecule has 2 unspecified atom stereocenters. The van der Waals surface area contributed by atoms with Crippen LogP contribution in [0, 0.1) is 0 Å². The molecule has 3 rings (SSSR count). The van der Waals surface area contributed by atoms with Crippen LogP contribution in [-0.2, 0) is 9.53 Å². The van der Waals surface area contributed by atoms with Gasteiger partial charge in [-0.2, -0.15) is 0 Å². The minimum atomic E-state index is -0.613. The molecule has 2 amide bonds. The number of hydrogen-bond donors (Lipinski definition) is 1. The molecule has 2 saturated heterocycles. The zero-order valence-electron chi connectivity index (χ0n) is 12.0. The van der Waals surface area contributed by atoms with Crippen LogP contribution in [-0.4, -0.2) is 36.0 Å². The van der Waals surface area contributed by atoms with E-state index < -0.39 is 18.2 Å². The predicted octanol–water partition coefficient (Wildman–Crippen LogP) is 2.24. The number of cyclic esters (lactones) is 1. The van der Waals surface area contributed by atoms with Crippen LogP contribution in [0.2, 0.25) is 0 Å². The van der Waals surface area contributed by atoms with Gasteiger partial charge in [0.2, 0.25) is 5.91 Å². The second-order valence-electron chi connectivity index (χ2n) is 5.60. The van der Waals surface area contributed by atoms with Crippen molar-refractivity contribution >= 4 is 12.0 Å². The maximum Gasteiger partial charge on any atom is 0.408 e. The van der Waals surface area contributed by atoms with Gasteiger partial charge in [0.15, 0.2) is 12.1 Å². The lowest BCUT2D eigenvalue weighted by atomic mass is 10.0. The standard InChI is InChI=1S/C16H20N2O3/c19-15(18-10-6-1-2-7-11-18)13-14(21-16(20)17-13)12-8-4-3-5-9-12/h3-5,8-9,13-14H,1-2,6-7,10-11H2,(H,17,20). The molecule has 1 aromatic rings. The van der Waals surface area contributed by atoms with Crippen LogP contribution in [0.1, 0.15) is 37.4 Å². The second kappa shape index (κ2) is 6.16. The van der Waals surface area contributed by atoms with Crippen LogP contribution < -0.4 is 5.32 Å². The Kier molecular flexibility index (Phi) is 4.08.